The Balaban J connectivity index is 2.48. The van der Waals surface area contributed by atoms with Crippen molar-refractivity contribution in [3.8, 4) is 0 Å². The zero-order valence-corrected chi connectivity index (χ0v) is 26.2. The number of nitrogens with zero attached hydrogens (tertiary/aromatic N) is 6. The molecule has 37 heavy (non-hydrogen) atoms. The Morgan fingerprint density at radius 3 is 0.865 bits per heavy atom. The van der Waals surface area contributed by atoms with Crippen molar-refractivity contribution >= 4 is 7.12 Å². The molecule has 7 heteroatoms. The van der Waals surface area contributed by atoms with Crippen molar-refractivity contribution in [1.29, 1.82) is 0 Å². The lowest BCUT2D eigenvalue weighted by molar-refractivity contribution is 0.547. The van der Waals surface area contributed by atoms with Crippen molar-refractivity contribution in [2.24, 2.45) is 0 Å². The Morgan fingerprint density at radius 2 is 0.703 bits per heavy atom. The molecular formula is C30H51BN6-. The van der Waals surface area contributed by atoms with Crippen LogP contribution in [0, 0.1) is 0 Å². The fraction of sp³-hybridized carbons (Fsp3) is 0.700. The minimum absolute atomic E-state index is 0.0669. The summed E-state index contributed by atoms with van der Waals surface area (Å²) >= 11 is 0. The number of rotatable bonds is 6. The molecule has 205 valence electrons. The van der Waals surface area contributed by atoms with Crippen molar-refractivity contribution in [3.05, 3.63) is 52.4 Å². The normalized spacial score (nSPS) is 13.7. The molecule has 0 saturated carbocycles. The van der Waals surface area contributed by atoms with Gasteiger partial charge in [-0.15, -0.1) is 0 Å². The van der Waals surface area contributed by atoms with Crippen LogP contribution in [0.15, 0.2) is 18.2 Å². The zero-order valence-electron chi connectivity index (χ0n) is 26.2. The summed E-state index contributed by atoms with van der Waals surface area (Å²) in [5.74, 6) is 0.893. The first-order valence-electron chi connectivity index (χ1n) is 14.0. The molecule has 3 rings (SSSR count). The molecule has 0 fully saturated rings. The van der Waals surface area contributed by atoms with Crippen LogP contribution in [0.2, 0.25) is 0 Å². The van der Waals surface area contributed by atoms with Gasteiger partial charge in [-0.05, 0) is 53.0 Å². The molecule has 0 unspecified atom stereocenters. The van der Waals surface area contributed by atoms with E-state index in [1.54, 1.807) is 0 Å². The van der Waals surface area contributed by atoms with Crippen LogP contribution in [0.4, 0.5) is 0 Å². The molecule has 0 aliphatic heterocycles. The van der Waals surface area contributed by atoms with E-state index in [9.17, 15) is 0 Å². The van der Waals surface area contributed by atoms with E-state index in [-0.39, 0.29) is 23.4 Å². The maximum atomic E-state index is 5.29. The molecule has 0 atom stereocenters. The van der Waals surface area contributed by atoms with Gasteiger partial charge in [0.2, 0.25) is 0 Å². The molecule has 0 amide bonds. The van der Waals surface area contributed by atoms with E-state index in [2.05, 4.69) is 136 Å². The van der Waals surface area contributed by atoms with Gasteiger partial charge < -0.3 is 13.8 Å². The standard InChI is InChI=1S/C30H51BN6/c1-19(2)22-16-25(28(7,8)9)32-35(22)31(36-23(20(3)4)17-26(33-36)29(10,11)12)37-24(21(5)6)18-27(34-37)30(13,14)15/h16-21H,1-15H3/q-1. The van der Waals surface area contributed by atoms with E-state index in [4.69, 9.17) is 15.3 Å². The Morgan fingerprint density at radius 1 is 0.486 bits per heavy atom. The number of hydrogen-bond acceptors (Lipinski definition) is 3. The Kier molecular flexibility index (Phi) is 7.73. The van der Waals surface area contributed by atoms with Crippen molar-refractivity contribution in [1.82, 2.24) is 29.1 Å². The largest absolute Gasteiger partial charge is 0.422 e. The third-order valence-electron chi connectivity index (χ3n) is 7.03. The van der Waals surface area contributed by atoms with Gasteiger partial charge in [-0.25, -0.2) is 15.3 Å². The van der Waals surface area contributed by atoms with E-state index in [1.165, 1.54) is 17.1 Å². The first-order chi connectivity index (χ1) is 16.7. The molecule has 0 aromatic carbocycles. The summed E-state index contributed by atoms with van der Waals surface area (Å²) < 4.78 is 6.59. The highest BCUT2D eigenvalue weighted by Crippen LogP contribution is 2.31. The summed E-state index contributed by atoms with van der Waals surface area (Å²) in [5, 5.41) is 15.9. The second-order valence-corrected chi connectivity index (χ2v) is 14.8. The first-order valence-corrected chi connectivity index (χ1v) is 14.0. The summed E-state index contributed by atoms with van der Waals surface area (Å²) in [4.78, 5) is 0. The highest BCUT2D eigenvalue weighted by atomic mass is 15.5. The van der Waals surface area contributed by atoms with Crippen molar-refractivity contribution in [3.63, 3.8) is 0 Å². The number of hydrogen-bond donors (Lipinski definition) is 0. The van der Waals surface area contributed by atoms with Gasteiger partial charge in [0.25, 0.3) is 7.12 Å². The van der Waals surface area contributed by atoms with Crippen molar-refractivity contribution in [2.45, 2.75) is 138 Å². The molecule has 1 radical (unpaired) electrons. The molecule has 0 aliphatic carbocycles. The lowest BCUT2D eigenvalue weighted by atomic mass is 9.88. The lowest BCUT2D eigenvalue weighted by Gasteiger charge is -2.37. The molecule has 0 bridgehead atoms. The van der Waals surface area contributed by atoms with Gasteiger partial charge in [0, 0.05) is 16.2 Å². The van der Waals surface area contributed by atoms with Crippen LogP contribution < -0.4 is 0 Å². The third-order valence-corrected chi connectivity index (χ3v) is 7.03. The summed E-state index contributed by atoms with van der Waals surface area (Å²) in [6.07, 6.45) is 0. The molecule has 0 aliphatic rings. The Labute approximate surface area is 226 Å². The van der Waals surface area contributed by atoms with Gasteiger partial charge in [-0.2, -0.15) is 0 Å². The van der Waals surface area contributed by atoms with Crippen LogP contribution in [-0.4, -0.2) is 36.2 Å². The third kappa shape index (κ3) is 5.91. The molecule has 0 N–H and O–H groups in total. The molecule has 0 saturated heterocycles. The van der Waals surface area contributed by atoms with Gasteiger partial charge in [0.15, 0.2) is 0 Å². The van der Waals surface area contributed by atoms with E-state index in [1.807, 2.05) is 0 Å². The Bertz CT molecular complexity index is 1070. The van der Waals surface area contributed by atoms with Gasteiger partial charge in [0.05, 0.1) is 17.1 Å². The fourth-order valence-corrected chi connectivity index (χ4v) is 4.49. The van der Waals surface area contributed by atoms with Gasteiger partial charge >= 0.3 is 0 Å². The molecule has 0 spiro atoms. The van der Waals surface area contributed by atoms with E-state index >= 15 is 0 Å². The smallest absolute Gasteiger partial charge is 0.261 e. The van der Waals surface area contributed by atoms with Gasteiger partial charge in [-0.3, -0.25) is 0 Å². The first kappa shape index (κ1) is 29.3. The van der Waals surface area contributed by atoms with Crippen LogP contribution in [0.25, 0.3) is 0 Å². The lowest BCUT2D eigenvalue weighted by Crippen LogP contribution is -2.47. The van der Waals surface area contributed by atoms with Crippen LogP contribution >= 0.6 is 0 Å². The average molecular weight is 507 g/mol. The summed E-state index contributed by atoms with van der Waals surface area (Å²) in [6, 6.07) is 6.85. The highest BCUT2D eigenvalue weighted by molar-refractivity contribution is 6.53. The predicted molar refractivity (Wildman–Crippen MR) is 157 cm³/mol. The summed E-state index contributed by atoms with van der Waals surface area (Å²) in [7, 11) is -0.338. The van der Waals surface area contributed by atoms with Crippen LogP contribution in [-0.2, 0) is 16.2 Å². The predicted octanol–water partition coefficient (Wildman–Crippen LogP) is 7.47. The van der Waals surface area contributed by atoms with E-state index in [0.717, 1.165) is 17.1 Å². The molecule has 3 heterocycles. The average Bonchev–Trinajstić information content (AvgIpc) is 3.44. The minimum atomic E-state index is -0.338. The quantitative estimate of drug-likeness (QED) is 0.326. The van der Waals surface area contributed by atoms with E-state index < -0.39 is 0 Å². The van der Waals surface area contributed by atoms with Gasteiger partial charge in [0.1, 0.15) is 0 Å². The summed E-state index contributed by atoms with van der Waals surface area (Å²) in [6.45, 7) is 33.6. The second kappa shape index (κ2) is 9.78. The Hall–Kier alpha value is -2.31. The van der Waals surface area contributed by atoms with E-state index in [0.29, 0.717) is 17.8 Å². The van der Waals surface area contributed by atoms with Crippen LogP contribution in [0.5, 0.6) is 0 Å². The highest BCUT2D eigenvalue weighted by Gasteiger charge is 2.29. The topological polar surface area (TPSA) is 53.5 Å². The molecule has 3 aromatic heterocycles. The zero-order chi connectivity index (χ0) is 28.2. The molecule has 3 aromatic rings. The molecular weight excluding hydrogens is 455 g/mol. The monoisotopic (exact) mass is 506 g/mol. The molecule has 6 nitrogen and oxygen atoms in total. The van der Waals surface area contributed by atoms with Crippen LogP contribution in [0.3, 0.4) is 0 Å². The summed E-state index contributed by atoms with van der Waals surface area (Å²) in [5.41, 5.74) is 6.65. The van der Waals surface area contributed by atoms with Crippen LogP contribution in [0.1, 0.15) is 156 Å². The second-order valence-electron chi connectivity index (χ2n) is 14.8. The fourth-order valence-electron chi connectivity index (χ4n) is 4.49. The maximum absolute atomic E-state index is 5.29. The minimum Gasteiger partial charge on any atom is -0.422 e. The SMILES string of the molecule is CC(C)c1cc(C(C)(C)C)nn1[B-](n1nc(C(C)(C)C)cc1C(C)C)n1nc(C(C)(C)C)cc1C(C)C. The van der Waals surface area contributed by atoms with Crippen molar-refractivity contribution in [2.75, 3.05) is 0 Å². The number of aromatic nitrogens is 6. The maximum Gasteiger partial charge on any atom is 0.261 e. The van der Waals surface area contributed by atoms with Crippen molar-refractivity contribution < 1.29 is 0 Å². The van der Waals surface area contributed by atoms with Gasteiger partial charge in [-0.1, -0.05) is 104 Å².